The van der Waals surface area contributed by atoms with E-state index in [2.05, 4.69) is 16.4 Å². The number of carbonyl (C=O) groups is 1. The maximum Gasteiger partial charge on any atom is 0.246 e. The van der Waals surface area contributed by atoms with Crippen molar-refractivity contribution in [1.29, 1.82) is 5.26 Å². The van der Waals surface area contributed by atoms with E-state index in [4.69, 9.17) is 0 Å². The highest BCUT2D eigenvalue weighted by molar-refractivity contribution is 5.96. The van der Waals surface area contributed by atoms with Gasteiger partial charge in [0.15, 0.2) is 0 Å². The monoisotopic (exact) mass is 257 g/mol. The molecule has 0 atom stereocenters. The molecule has 0 aliphatic heterocycles. The van der Waals surface area contributed by atoms with Gasteiger partial charge in [-0.05, 0) is 31.4 Å². The summed E-state index contributed by atoms with van der Waals surface area (Å²) in [5.74, 6) is 0.322. The van der Waals surface area contributed by atoms with Crippen molar-refractivity contribution in [1.82, 2.24) is 4.98 Å². The molecular formula is C15H19N3O. The molecule has 100 valence electrons. The zero-order chi connectivity index (χ0) is 13.7. The number of anilines is 1. The second kappa shape index (κ2) is 5.83. The van der Waals surface area contributed by atoms with E-state index in [0.29, 0.717) is 18.7 Å². The first-order valence-electron chi connectivity index (χ1n) is 6.82. The molecule has 1 aliphatic carbocycles. The standard InChI is InChI=1S/C15H19N3O/c1-12-6-7-13(17-10-12)18-14(19)15(11-16)8-4-2-3-5-9-15/h6-7,10H,2-5,8-9H2,1H3,(H,17,18,19). The van der Waals surface area contributed by atoms with Gasteiger partial charge >= 0.3 is 0 Å². The van der Waals surface area contributed by atoms with E-state index in [9.17, 15) is 10.1 Å². The molecule has 1 amide bonds. The zero-order valence-electron chi connectivity index (χ0n) is 11.3. The largest absolute Gasteiger partial charge is 0.309 e. The third kappa shape index (κ3) is 3.11. The number of aryl methyl sites for hydroxylation is 1. The summed E-state index contributed by atoms with van der Waals surface area (Å²) in [4.78, 5) is 16.5. The Morgan fingerprint density at radius 3 is 2.53 bits per heavy atom. The Hall–Kier alpha value is -1.89. The van der Waals surface area contributed by atoms with Crippen molar-refractivity contribution in [2.45, 2.75) is 45.4 Å². The molecule has 4 nitrogen and oxygen atoms in total. The third-order valence-electron chi connectivity index (χ3n) is 3.76. The Bertz CT molecular complexity index is 479. The number of nitrogens with zero attached hydrogens (tertiary/aromatic N) is 2. The molecule has 0 saturated heterocycles. The van der Waals surface area contributed by atoms with Gasteiger partial charge in [-0.1, -0.05) is 31.7 Å². The van der Waals surface area contributed by atoms with Crippen LogP contribution in [0.25, 0.3) is 0 Å². The number of hydrogen-bond acceptors (Lipinski definition) is 3. The molecule has 1 saturated carbocycles. The Labute approximate surface area is 113 Å². The summed E-state index contributed by atoms with van der Waals surface area (Å²) in [6.07, 6.45) is 7.13. The summed E-state index contributed by atoms with van der Waals surface area (Å²) in [6.45, 7) is 1.95. The highest BCUT2D eigenvalue weighted by Gasteiger charge is 2.38. The quantitative estimate of drug-likeness (QED) is 0.827. The van der Waals surface area contributed by atoms with Gasteiger partial charge in [-0.3, -0.25) is 4.79 Å². The minimum absolute atomic E-state index is 0.201. The summed E-state index contributed by atoms with van der Waals surface area (Å²) in [7, 11) is 0. The molecule has 0 bridgehead atoms. The van der Waals surface area contributed by atoms with Crippen LogP contribution in [0.5, 0.6) is 0 Å². The van der Waals surface area contributed by atoms with Crippen molar-refractivity contribution < 1.29 is 4.79 Å². The predicted molar refractivity (Wildman–Crippen MR) is 73.4 cm³/mol. The fourth-order valence-electron chi connectivity index (χ4n) is 2.50. The van der Waals surface area contributed by atoms with Gasteiger partial charge in [-0.15, -0.1) is 0 Å². The number of nitrogens with one attached hydrogen (secondary N) is 1. The minimum atomic E-state index is -0.872. The number of pyridine rings is 1. The fourth-order valence-corrected chi connectivity index (χ4v) is 2.50. The number of carbonyl (C=O) groups excluding carboxylic acids is 1. The highest BCUT2D eigenvalue weighted by atomic mass is 16.2. The molecule has 0 radical (unpaired) electrons. The minimum Gasteiger partial charge on any atom is -0.309 e. The number of rotatable bonds is 2. The van der Waals surface area contributed by atoms with Gasteiger partial charge in [0.2, 0.25) is 5.91 Å². The second-order valence-electron chi connectivity index (χ2n) is 5.28. The first-order valence-corrected chi connectivity index (χ1v) is 6.82. The normalized spacial score (nSPS) is 18.1. The van der Waals surface area contributed by atoms with E-state index in [1.807, 2.05) is 13.0 Å². The third-order valence-corrected chi connectivity index (χ3v) is 3.76. The molecule has 1 fully saturated rings. The van der Waals surface area contributed by atoms with Crippen LogP contribution in [0, 0.1) is 23.7 Å². The van der Waals surface area contributed by atoms with E-state index in [1.165, 1.54) is 0 Å². The number of amides is 1. The van der Waals surface area contributed by atoms with Gasteiger partial charge < -0.3 is 5.32 Å². The summed E-state index contributed by atoms with van der Waals surface area (Å²) in [6, 6.07) is 5.92. The van der Waals surface area contributed by atoms with Crippen LogP contribution < -0.4 is 5.32 Å². The zero-order valence-corrected chi connectivity index (χ0v) is 11.3. The van der Waals surface area contributed by atoms with Crippen molar-refractivity contribution in [3.05, 3.63) is 23.9 Å². The fraction of sp³-hybridized carbons (Fsp3) is 0.533. The summed E-state index contributed by atoms with van der Waals surface area (Å²) < 4.78 is 0. The number of aromatic nitrogens is 1. The van der Waals surface area contributed by atoms with Gasteiger partial charge in [0, 0.05) is 6.20 Å². The van der Waals surface area contributed by atoms with E-state index >= 15 is 0 Å². The van der Waals surface area contributed by atoms with Crippen molar-refractivity contribution in [2.24, 2.45) is 5.41 Å². The van der Waals surface area contributed by atoms with Crippen LogP contribution in [0.4, 0.5) is 5.82 Å². The number of nitriles is 1. The lowest BCUT2D eigenvalue weighted by molar-refractivity contribution is -0.123. The molecule has 0 unspecified atom stereocenters. The molecule has 0 spiro atoms. The van der Waals surface area contributed by atoms with Crippen molar-refractivity contribution in [3.8, 4) is 6.07 Å². The van der Waals surface area contributed by atoms with Crippen LogP contribution in [-0.4, -0.2) is 10.9 Å². The molecule has 1 aromatic heterocycles. The van der Waals surface area contributed by atoms with Gasteiger partial charge in [0.05, 0.1) is 6.07 Å². The van der Waals surface area contributed by atoms with Crippen molar-refractivity contribution >= 4 is 11.7 Å². The first-order chi connectivity index (χ1) is 9.16. The second-order valence-corrected chi connectivity index (χ2v) is 5.28. The van der Waals surface area contributed by atoms with Crippen molar-refractivity contribution in [3.63, 3.8) is 0 Å². The lowest BCUT2D eigenvalue weighted by Gasteiger charge is -2.23. The Morgan fingerprint density at radius 1 is 1.32 bits per heavy atom. The van der Waals surface area contributed by atoms with Crippen molar-refractivity contribution in [2.75, 3.05) is 5.32 Å². The highest BCUT2D eigenvalue weighted by Crippen LogP contribution is 2.35. The molecule has 19 heavy (non-hydrogen) atoms. The summed E-state index contributed by atoms with van der Waals surface area (Å²) in [5, 5.41) is 12.2. The summed E-state index contributed by atoms with van der Waals surface area (Å²) >= 11 is 0. The van der Waals surface area contributed by atoms with Gasteiger partial charge in [0.25, 0.3) is 0 Å². The average molecular weight is 257 g/mol. The van der Waals surface area contributed by atoms with Gasteiger partial charge in [0.1, 0.15) is 11.2 Å². The molecule has 2 rings (SSSR count). The lowest BCUT2D eigenvalue weighted by atomic mass is 9.81. The topological polar surface area (TPSA) is 65.8 Å². The molecule has 1 aromatic rings. The maximum absolute atomic E-state index is 12.4. The van der Waals surface area contributed by atoms with E-state index in [0.717, 1.165) is 31.2 Å². The predicted octanol–water partition coefficient (Wildman–Crippen LogP) is 3.19. The average Bonchev–Trinajstić information content (AvgIpc) is 2.67. The SMILES string of the molecule is Cc1ccc(NC(=O)C2(C#N)CCCCCC2)nc1. The van der Waals surface area contributed by atoms with Crippen LogP contribution in [0.3, 0.4) is 0 Å². The maximum atomic E-state index is 12.4. The van der Waals surface area contributed by atoms with Crippen LogP contribution in [0.2, 0.25) is 0 Å². The van der Waals surface area contributed by atoms with E-state index < -0.39 is 5.41 Å². The van der Waals surface area contributed by atoms with Crippen LogP contribution in [-0.2, 0) is 4.79 Å². The Balaban J connectivity index is 2.12. The van der Waals surface area contributed by atoms with Gasteiger partial charge in [-0.2, -0.15) is 5.26 Å². The number of hydrogen-bond donors (Lipinski definition) is 1. The van der Waals surface area contributed by atoms with E-state index in [-0.39, 0.29) is 5.91 Å². The van der Waals surface area contributed by atoms with Crippen LogP contribution >= 0.6 is 0 Å². The Morgan fingerprint density at radius 2 is 2.00 bits per heavy atom. The molecule has 1 N–H and O–H groups in total. The molecule has 4 heteroatoms. The van der Waals surface area contributed by atoms with Gasteiger partial charge in [-0.25, -0.2) is 4.98 Å². The lowest BCUT2D eigenvalue weighted by Crippen LogP contribution is -2.34. The first kappa shape index (κ1) is 13.5. The van der Waals surface area contributed by atoms with E-state index in [1.54, 1.807) is 12.3 Å². The molecule has 1 heterocycles. The van der Waals surface area contributed by atoms with Crippen LogP contribution in [0.15, 0.2) is 18.3 Å². The molecular weight excluding hydrogens is 238 g/mol. The van der Waals surface area contributed by atoms with Crippen LogP contribution in [0.1, 0.15) is 44.1 Å². The molecule has 1 aliphatic rings. The Kier molecular flexibility index (Phi) is 4.16. The molecule has 0 aromatic carbocycles. The smallest absolute Gasteiger partial charge is 0.246 e. The summed E-state index contributed by atoms with van der Waals surface area (Å²) in [5.41, 5.74) is 0.172.